The molecule has 34 heavy (non-hydrogen) atoms. The quantitative estimate of drug-likeness (QED) is 0.291. The highest BCUT2D eigenvalue weighted by atomic mass is 32.2. The number of nitrogens with zero attached hydrogens (tertiary/aromatic N) is 3. The molecule has 1 amide bonds. The van der Waals surface area contributed by atoms with Crippen molar-refractivity contribution in [3.05, 3.63) is 89.3 Å². The van der Waals surface area contributed by atoms with Crippen molar-refractivity contribution >= 4 is 50.8 Å². The Balaban J connectivity index is 1.29. The minimum atomic E-state index is -1.23. The average molecular weight is 506 g/mol. The smallest absolute Gasteiger partial charge is 0.265 e. The van der Waals surface area contributed by atoms with Crippen molar-refractivity contribution in [2.24, 2.45) is 0 Å². The molecule has 3 heterocycles. The maximum Gasteiger partial charge on any atom is 0.265 e. The number of hydrogen-bond donors (Lipinski definition) is 2. The van der Waals surface area contributed by atoms with Gasteiger partial charge in [0.05, 0.1) is 38.1 Å². The Hall–Kier alpha value is -3.60. The highest BCUT2D eigenvalue weighted by molar-refractivity contribution is 7.84. The largest absolute Gasteiger partial charge is 0.397 e. The average Bonchev–Trinajstić information content (AvgIpc) is 3.62. The Bertz CT molecular complexity index is 1460. The summed E-state index contributed by atoms with van der Waals surface area (Å²) in [5, 5.41) is 13.2. The number of hydrogen-bond acceptors (Lipinski definition) is 7. The summed E-state index contributed by atoms with van der Waals surface area (Å²) in [5.41, 5.74) is 8.78. The zero-order valence-corrected chi connectivity index (χ0v) is 20.2. The lowest BCUT2D eigenvalue weighted by molar-refractivity contribution is 0.103. The van der Waals surface area contributed by atoms with Gasteiger partial charge in [0.25, 0.3) is 5.91 Å². The molecule has 0 spiro atoms. The summed E-state index contributed by atoms with van der Waals surface area (Å²) in [6.45, 7) is 0. The summed E-state index contributed by atoms with van der Waals surface area (Å²) >= 11 is 2.93. The van der Waals surface area contributed by atoms with Crippen LogP contribution in [0.1, 0.15) is 9.67 Å². The third-order valence-corrected chi connectivity index (χ3v) is 8.31. The molecule has 0 saturated carbocycles. The molecule has 0 aliphatic rings. The molecule has 7 nitrogen and oxygen atoms in total. The van der Waals surface area contributed by atoms with Crippen molar-refractivity contribution in [2.45, 2.75) is 10.8 Å². The van der Waals surface area contributed by atoms with E-state index in [1.807, 2.05) is 66.0 Å². The molecule has 0 radical (unpaired) electrons. The fourth-order valence-electron chi connectivity index (χ4n) is 3.28. The van der Waals surface area contributed by atoms with Crippen molar-refractivity contribution in [3.8, 4) is 21.0 Å². The van der Waals surface area contributed by atoms with E-state index in [9.17, 15) is 9.00 Å². The standard InChI is InChI=1S/C24H19N5O2S3/c25-18-9-8-16(21-7-4-12-32-21)13-19(18)26-24(30)23-11-10-22(33-23)20-14-29(28-27-20)15-34(31)17-5-2-1-3-6-17/h1-14H,15,25H2,(H,26,30). The van der Waals surface area contributed by atoms with Crippen LogP contribution in [-0.2, 0) is 16.7 Å². The van der Waals surface area contributed by atoms with Gasteiger partial charge in [-0.1, -0.05) is 35.5 Å². The SMILES string of the molecule is Nc1ccc(-c2cccs2)cc1NC(=O)c1ccc(-c2cn(CS(=O)c3ccccc3)nn2)s1. The Morgan fingerprint density at radius 3 is 2.68 bits per heavy atom. The van der Waals surface area contributed by atoms with Crippen molar-refractivity contribution in [1.29, 1.82) is 0 Å². The van der Waals surface area contributed by atoms with Crippen molar-refractivity contribution in [2.75, 3.05) is 11.1 Å². The summed E-state index contributed by atoms with van der Waals surface area (Å²) in [6.07, 6.45) is 1.73. The first-order chi connectivity index (χ1) is 16.6. The molecule has 10 heteroatoms. The van der Waals surface area contributed by atoms with Gasteiger partial charge in [0.2, 0.25) is 0 Å². The number of benzene rings is 2. The minimum absolute atomic E-state index is 0.204. The van der Waals surface area contributed by atoms with Crippen molar-refractivity contribution in [3.63, 3.8) is 0 Å². The van der Waals surface area contributed by atoms with Gasteiger partial charge in [-0.25, -0.2) is 4.68 Å². The summed E-state index contributed by atoms with van der Waals surface area (Å²) in [5.74, 6) is -0.0425. The van der Waals surface area contributed by atoms with E-state index in [1.54, 1.807) is 34.3 Å². The maximum absolute atomic E-state index is 12.9. The van der Waals surface area contributed by atoms with Gasteiger partial charge in [-0.05, 0) is 53.4 Å². The van der Waals surface area contributed by atoms with Crippen LogP contribution < -0.4 is 11.1 Å². The number of nitrogens with one attached hydrogen (secondary N) is 1. The lowest BCUT2D eigenvalue weighted by Gasteiger charge is -2.09. The van der Waals surface area contributed by atoms with Crippen LogP contribution in [0, 0.1) is 0 Å². The molecule has 3 aromatic heterocycles. The van der Waals surface area contributed by atoms with E-state index in [1.165, 1.54) is 11.3 Å². The van der Waals surface area contributed by atoms with E-state index in [0.29, 0.717) is 21.9 Å². The zero-order chi connectivity index (χ0) is 23.5. The molecule has 0 aliphatic carbocycles. The van der Waals surface area contributed by atoms with Crippen LogP contribution >= 0.6 is 22.7 Å². The topological polar surface area (TPSA) is 103 Å². The molecule has 0 saturated heterocycles. The van der Waals surface area contributed by atoms with Gasteiger partial charge >= 0.3 is 0 Å². The zero-order valence-electron chi connectivity index (χ0n) is 17.8. The highest BCUT2D eigenvalue weighted by Gasteiger charge is 2.15. The first-order valence-electron chi connectivity index (χ1n) is 10.3. The second-order valence-corrected chi connectivity index (χ2v) is 10.8. The van der Waals surface area contributed by atoms with Crippen LogP contribution in [0.4, 0.5) is 11.4 Å². The van der Waals surface area contributed by atoms with Gasteiger partial charge in [0, 0.05) is 9.77 Å². The number of thiophene rings is 2. The fourth-order valence-corrected chi connectivity index (χ4v) is 5.83. The Kier molecular flexibility index (Phi) is 6.35. The predicted molar refractivity (Wildman–Crippen MR) is 138 cm³/mol. The van der Waals surface area contributed by atoms with Crippen LogP contribution in [-0.4, -0.2) is 25.1 Å². The van der Waals surface area contributed by atoms with Crippen molar-refractivity contribution in [1.82, 2.24) is 15.0 Å². The normalized spacial score (nSPS) is 11.9. The molecule has 3 N–H and O–H groups in total. The number of nitrogen functional groups attached to an aromatic ring is 1. The van der Waals surface area contributed by atoms with Crippen LogP contribution in [0.2, 0.25) is 0 Å². The number of carbonyl (C=O) groups is 1. The highest BCUT2D eigenvalue weighted by Crippen LogP contribution is 2.32. The summed E-state index contributed by atoms with van der Waals surface area (Å²) in [7, 11) is -1.23. The summed E-state index contributed by atoms with van der Waals surface area (Å²) in [4.78, 5) is 16.0. The molecular formula is C24H19N5O2S3. The first kappa shape index (κ1) is 22.2. The molecule has 0 fully saturated rings. The Morgan fingerprint density at radius 1 is 1.03 bits per heavy atom. The summed E-state index contributed by atoms with van der Waals surface area (Å²) < 4.78 is 14.1. The molecule has 0 aliphatic heterocycles. The number of nitrogens with two attached hydrogens (primary N) is 1. The van der Waals surface area contributed by atoms with Crippen LogP contribution in [0.3, 0.4) is 0 Å². The lowest BCUT2D eigenvalue weighted by atomic mass is 10.1. The van der Waals surface area contributed by atoms with E-state index in [0.717, 1.165) is 20.2 Å². The molecule has 0 bridgehead atoms. The van der Waals surface area contributed by atoms with Crippen LogP contribution in [0.15, 0.2) is 89.3 Å². The molecule has 1 atom stereocenters. The third-order valence-electron chi connectivity index (χ3n) is 4.98. The van der Waals surface area contributed by atoms with Crippen LogP contribution in [0.25, 0.3) is 21.0 Å². The number of anilines is 2. The first-order valence-corrected chi connectivity index (χ1v) is 13.3. The van der Waals surface area contributed by atoms with E-state index < -0.39 is 10.8 Å². The lowest BCUT2D eigenvalue weighted by Crippen LogP contribution is -2.11. The van der Waals surface area contributed by atoms with Gasteiger partial charge in [-0.15, -0.1) is 27.8 Å². The molecular weight excluding hydrogens is 486 g/mol. The van der Waals surface area contributed by atoms with Gasteiger partial charge in [0.1, 0.15) is 11.6 Å². The monoisotopic (exact) mass is 505 g/mol. The fraction of sp³-hybridized carbons (Fsp3) is 0.0417. The molecule has 170 valence electrons. The molecule has 1 unspecified atom stereocenters. The number of carbonyl (C=O) groups excluding carboxylic acids is 1. The molecule has 2 aromatic carbocycles. The maximum atomic E-state index is 12.9. The number of aromatic nitrogens is 3. The van der Waals surface area contributed by atoms with Gasteiger partial charge < -0.3 is 11.1 Å². The summed E-state index contributed by atoms with van der Waals surface area (Å²) in [6, 6.07) is 22.4. The number of rotatable bonds is 7. The van der Waals surface area contributed by atoms with E-state index in [4.69, 9.17) is 5.73 Å². The predicted octanol–water partition coefficient (Wildman–Crippen LogP) is 5.33. The van der Waals surface area contributed by atoms with Gasteiger partial charge in [0.15, 0.2) is 0 Å². The second-order valence-electron chi connectivity index (χ2n) is 7.33. The van der Waals surface area contributed by atoms with Gasteiger partial charge in [-0.2, -0.15) is 0 Å². The Labute approximate surface area is 206 Å². The van der Waals surface area contributed by atoms with Crippen molar-refractivity contribution < 1.29 is 9.00 Å². The van der Waals surface area contributed by atoms with Crippen LogP contribution in [0.5, 0.6) is 0 Å². The van der Waals surface area contributed by atoms with Gasteiger partial charge in [-0.3, -0.25) is 9.00 Å². The van der Waals surface area contributed by atoms with E-state index >= 15 is 0 Å². The number of amides is 1. The van der Waals surface area contributed by atoms with E-state index in [2.05, 4.69) is 15.6 Å². The molecule has 5 aromatic rings. The second kappa shape index (κ2) is 9.72. The van der Waals surface area contributed by atoms with E-state index in [-0.39, 0.29) is 11.8 Å². The third kappa shape index (κ3) is 4.84. The minimum Gasteiger partial charge on any atom is -0.397 e. The molecule has 5 rings (SSSR count). The Morgan fingerprint density at radius 2 is 1.88 bits per heavy atom.